The Morgan fingerprint density at radius 3 is 2.48 bits per heavy atom. The maximum Gasteiger partial charge on any atom is 0.127 e. The van der Waals surface area contributed by atoms with Crippen LogP contribution in [0.25, 0.3) is 11.0 Å². The predicted molar refractivity (Wildman–Crippen MR) is 90.0 cm³/mol. The molecule has 0 N–H and O–H groups in total. The SMILES string of the molecule is Cc1cccc2nc(C(C)Cl)n(C3CC(C)CC(C)C3)c12. The summed E-state index contributed by atoms with van der Waals surface area (Å²) in [5, 5.41) is -0.0515. The van der Waals surface area contributed by atoms with Gasteiger partial charge in [0.05, 0.1) is 16.4 Å². The fourth-order valence-corrected chi connectivity index (χ4v) is 4.26. The topological polar surface area (TPSA) is 17.8 Å². The normalized spacial score (nSPS) is 28.0. The highest BCUT2D eigenvalue weighted by Crippen LogP contribution is 2.40. The molecule has 0 spiro atoms. The zero-order valence-corrected chi connectivity index (χ0v) is 14.2. The molecule has 0 radical (unpaired) electrons. The molecule has 1 aromatic heterocycles. The molecule has 0 saturated heterocycles. The van der Waals surface area contributed by atoms with Gasteiger partial charge in [0.15, 0.2) is 0 Å². The molecule has 3 heteroatoms. The van der Waals surface area contributed by atoms with Crippen molar-refractivity contribution >= 4 is 22.6 Å². The van der Waals surface area contributed by atoms with E-state index in [2.05, 4.69) is 43.5 Å². The molecule has 3 rings (SSSR count). The van der Waals surface area contributed by atoms with E-state index in [0.717, 1.165) is 23.2 Å². The fraction of sp³-hybridized carbons (Fsp3) is 0.611. The number of rotatable bonds is 2. The van der Waals surface area contributed by atoms with Gasteiger partial charge in [-0.25, -0.2) is 4.98 Å². The molecule has 114 valence electrons. The Hall–Kier alpha value is -1.02. The Kier molecular flexibility index (Phi) is 4.00. The van der Waals surface area contributed by atoms with Gasteiger partial charge in [-0.2, -0.15) is 0 Å². The van der Waals surface area contributed by atoms with Gasteiger partial charge in [-0.1, -0.05) is 26.0 Å². The van der Waals surface area contributed by atoms with Gasteiger partial charge >= 0.3 is 0 Å². The molecule has 2 nitrogen and oxygen atoms in total. The minimum absolute atomic E-state index is 0.0515. The molecule has 0 aliphatic heterocycles. The monoisotopic (exact) mass is 304 g/mol. The van der Waals surface area contributed by atoms with Gasteiger partial charge in [0.2, 0.25) is 0 Å². The van der Waals surface area contributed by atoms with Crippen molar-refractivity contribution in [2.45, 2.75) is 58.4 Å². The van der Waals surface area contributed by atoms with E-state index in [0.29, 0.717) is 6.04 Å². The first-order chi connectivity index (χ1) is 9.97. The summed E-state index contributed by atoms with van der Waals surface area (Å²) < 4.78 is 2.45. The third kappa shape index (κ3) is 2.70. The lowest BCUT2D eigenvalue weighted by Crippen LogP contribution is -2.24. The lowest BCUT2D eigenvalue weighted by atomic mass is 9.80. The van der Waals surface area contributed by atoms with Crippen LogP contribution in [-0.2, 0) is 0 Å². The average Bonchev–Trinajstić information content (AvgIpc) is 2.78. The number of imidazole rings is 1. The van der Waals surface area contributed by atoms with Gasteiger partial charge in [0.1, 0.15) is 5.82 Å². The van der Waals surface area contributed by atoms with Crippen molar-refractivity contribution in [2.75, 3.05) is 0 Å². The van der Waals surface area contributed by atoms with Gasteiger partial charge in [0.25, 0.3) is 0 Å². The number of para-hydroxylation sites is 1. The molecule has 0 amide bonds. The zero-order chi connectivity index (χ0) is 15.1. The summed E-state index contributed by atoms with van der Waals surface area (Å²) in [6.45, 7) is 8.96. The molecule has 1 heterocycles. The number of aromatic nitrogens is 2. The minimum atomic E-state index is -0.0515. The third-order valence-electron chi connectivity index (χ3n) is 4.81. The Morgan fingerprint density at radius 2 is 1.86 bits per heavy atom. The zero-order valence-electron chi connectivity index (χ0n) is 13.4. The standard InChI is InChI=1S/C18H25ClN2/c1-11-8-12(2)10-15(9-11)21-17-13(3)6-5-7-16(17)20-18(21)14(4)19/h5-7,11-12,14-15H,8-10H2,1-4H3. The second-order valence-electron chi connectivity index (χ2n) is 6.97. The van der Waals surface area contributed by atoms with Crippen molar-refractivity contribution in [3.8, 4) is 0 Å². The van der Waals surface area contributed by atoms with Gasteiger partial charge < -0.3 is 4.57 Å². The van der Waals surface area contributed by atoms with Gasteiger partial charge in [-0.3, -0.25) is 0 Å². The first kappa shape index (κ1) is 14.9. The summed E-state index contributed by atoms with van der Waals surface area (Å²) in [4.78, 5) is 4.83. The van der Waals surface area contributed by atoms with E-state index in [-0.39, 0.29) is 5.38 Å². The van der Waals surface area contributed by atoms with E-state index in [1.54, 1.807) is 0 Å². The summed E-state index contributed by atoms with van der Waals surface area (Å²) in [6, 6.07) is 6.91. The second kappa shape index (κ2) is 5.64. The van der Waals surface area contributed by atoms with E-state index in [9.17, 15) is 0 Å². The highest BCUT2D eigenvalue weighted by atomic mass is 35.5. The molecule has 1 aliphatic rings. The van der Waals surface area contributed by atoms with E-state index in [1.165, 1.54) is 30.3 Å². The quantitative estimate of drug-likeness (QED) is 0.656. The summed E-state index contributed by atoms with van der Waals surface area (Å²) in [5.41, 5.74) is 3.67. The number of hydrogen-bond acceptors (Lipinski definition) is 1. The molecular weight excluding hydrogens is 280 g/mol. The molecule has 1 saturated carbocycles. The molecule has 21 heavy (non-hydrogen) atoms. The van der Waals surface area contributed by atoms with Crippen LogP contribution in [0.3, 0.4) is 0 Å². The summed E-state index contributed by atoms with van der Waals surface area (Å²) in [7, 11) is 0. The van der Waals surface area contributed by atoms with Crippen molar-refractivity contribution in [1.82, 2.24) is 9.55 Å². The molecule has 3 unspecified atom stereocenters. The fourth-order valence-electron chi connectivity index (χ4n) is 4.10. The largest absolute Gasteiger partial charge is 0.323 e. The first-order valence-corrected chi connectivity index (χ1v) is 8.52. The van der Waals surface area contributed by atoms with Crippen molar-refractivity contribution in [3.63, 3.8) is 0 Å². The van der Waals surface area contributed by atoms with Crippen LogP contribution >= 0.6 is 11.6 Å². The van der Waals surface area contributed by atoms with Gasteiger partial charge in [0, 0.05) is 6.04 Å². The van der Waals surface area contributed by atoms with Crippen LogP contribution in [0.1, 0.15) is 62.8 Å². The highest BCUT2D eigenvalue weighted by molar-refractivity contribution is 6.20. The van der Waals surface area contributed by atoms with Crippen LogP contribution < -0.4 is 0 Å². The maximum absolute atomic E-state index is 6.44. The molecule has 1 fully saturated rings. The molecule has 1 aromatic carbocycles. The van der Waals surface area contributed by atoms with Crippen molar-refractivity contribution in [3.05, 3.63) is 29.6 Å². The number of halogens is 1. The van der Waals surface area contributed by atoms with Crippen LogP contribution in [0.2, 0.25) is 0 Å². The lowest BCUT2D eigenvalue weighted by molar-refractivity contribution is 0.221. The third-order valence-corrected chi connectivity index (χ3v) is 5.01. The number of fused-ring (bicyclic) bond motifs is 1. The van der Waals surface area contributed by atoms with Crippen molar-refractivity contribution < 1.29 is 0 Å². The number of alkyl halides is 1. The Labute approximate surface area is 132 Å². The van der Waals surface area contributed by atoms with Crippen molar-refractivity contribution in [2.24, 2.45) is 11.8 Å². The van der Waals surface area contributed by atoms with Crippen molar-refractivity contribution in [1.29, 1.82) is 0 Å². The Balaban J connectivity index is 2.17. The smallest absolute Gasteiger partial charge is 0.127 e. The molecular formula is C18H25ClN2. The van der Waals surface area contributed by atoms with E-state index in [1.807, 2.05) is 6.92 Å². The minimum Gasteiger partial charge on any atom is -0.323 e. The number of aryl methyl sites for hydroxylation is 1. The second-order valence-corrected chi connectivity index (χ2v) is 7.62. The lowest BCUT2D eigenvalue weighted by Gasteiger charge is -2.34. The van der Waals surface area contributed by atoms with E-state index in [4.69, 9.17) is 16.6 Å². The van der Waals surface area contributed by atoms with Crippen LogP contribution in [0.15, 0.2) is 18.2 Å². The van der Waals surface area contributed by atoms with Crippen LogP contribution in [0.4, 0.5) is 0 Å². The van der Waals surface area contributed by atoms with Crippen LogP contribution in [-0.4, -0.2) is 9.55 Å². The Morgan fingerprint density at radius 1 is 1.19 bits per heavy atom. The molecule has 2 aromatic rings. The van der Waals surface area contributed by atoms with Crippen LogP contribution in [0.5, 0.6) is 0 Å². The molecule has 3 atom stereocenters. The maximum atomic E-state index is 6.44. The van der Waals surface area contributed by atoms with Crippen LogP contribution in [0, 0.1) is 18.8 Å². The number of hydrogen-bond donors (Lipinski definition) is 0. The Bertz CT molecular complexity index is 634. The average molecular weight is 305 g/mol. The molecule has 0 bridgehead atoms. The summed E-state index contributed by atoms with van der Waals surface area (Å²) >= 11 is 6.44. The molecule has 1 aliphatic carbocycles. The van der Waals surface area contributed by atoms with E-state index < -0.39 is 0 Å². The number of benzene rings is 1. The highest BCUT2D eigenvalue weighted by Gasteiger charge is 2.29. The van der Waals surface area contributed by atoms with Gasteiger partial charge in [-0.15, -0.1) is 11.6 Å². The number of nitrogens with zero attached hydrogens (tertiary/aromatic N) is 2. The van der Waals surface area contributed by atoms with E-state index >= 15 is 0 Å². The summed E-state index contributed by atoms with van der Waals surface area (Å²) in [6.07, 6.45) is 3.81. The van der Waals surface area contributed by atoms with Gasteiger partial charge in [-0.05, 0) is 56.6 Å². The summed E-state index contributed by atoms with van der Waals surface area (Å²) in [5.74, 6) is 2.59. The first-order valence-electron chi connectivity index (χ1n) is 8.09. The predicted octanol–water partition coefficient (Wildman–Crippen LogP) is 5.64.